The van der Waals surface area contributed by atoms with Crippen LogP contribution in [0.4, 0.5) is 5.69 Å². The molecule has 9 heteroatoms. The number of fused-ring (bicyclic) bond motifs is 1. The molecular formula is C17H23N3O5S. The Morgan fingerprint density at radius 3 is 2.92 bits per heavy atom. The molecule has 0 aliphatic carbocycles. The highest BCUT2D eigenvalue weighted by atomic mass is 32.2. The molecule has 2 aliphatic rings. The van der Waals surface area contributed by atoms with Crippen molar-refractivity contribution in [2.75, 3.05) is 38.6 Å². The van der Waals surface area contributed by atoms with Crippen molar-refractivity contribution in [2.24, 2.45) is 5.92 Å². The number of ether oxygens (including phenoxy) is 1. The SMILES string of the molecule is CC1CCCN(C(=O)CN(C)S(=O)(=O)c2ccc3c(c2)NC(=O)CO3)C1. The average molecular weight is 381 g/mol. The summed E-state index contributed by atoms with van der Waals surface area (Å²) in [5, 5.41) is 2.59. The molecule has 26 heavy (non-hydrogen) atoms. The van der Waals surface area contributed by atoms with Crippen molar-refractivity contribution in [2.45, 2.75) is 24.7 Å². The molecular weight excluding hydrogens is 358 g/mol. The lowest BCUT2D eigenvalue weighted by Crippen LogP contribution is -2.45. The Morgan fingerprint density at radius 1 is 1.42 bits per heavy atom. The van der Waals surface area contributed by atoms with Gasteiger partial charge in [-0.3, -0.25) is 9.59 Å². The Hall–Kier alpha value is -2.13. The van der Waals surface area contributed by atoms with Crippen LogP contribution in [-0.4, -0.2) is 62.7 Å². The quantitative estimate of drug-likeness (QED) is 0.836. The number of piperidine rings is 1. The molecule has 142 valence electrons. The first-order chi connectivity index (χ1) is 12.3. The molecule has 1 atom stereocenters. The third kappa shape index (κ3) is 3.83. The maximum absolute atomic E-state index is 12.8. The van der Waals surface area contributed by atoms with Crippen LogP contribution >= 0.6 is 0 Å². The van der Waals surface area contributed by atoms with Gasteiger partial charge in [-0.1, -0.05) is 6.92 Å². The van der Waals surface area contributed by atoms with Crippen LogP contribution < -0.4 is 10.1 Å². The van der Waals surface area contributed by atoms with Gasteiger partial charge in [-0.15, -0.1) is 0 Å². The molecule has 0 saturated carbocycles. The van der Waals surface area contributed by atoms with Gasteiger partial charge in [0.2, 0.25) is 15.9 Å². The Labute approximate surface area is 153 Å². The maximum Gasteiger partial charge on any atom is 0.262 e. The highest BCUT2D eigenvalue weighted by molar-refractivity contribution is 7.89. The van der Waals surface area contributed by atoms with E-state index in [1.165, 1.54) is 25.2 Å². The van der Waals surface area contributed by atoms with Gasteiger partial charge in [0.05, 0.1) is 17.1 Å². The molecule has 1 fully saturated rings. The zero-order chi connectivity index (χ0) is 18.9. The molecule has 1 unspecified atom stereocenters. The molecule has 0 aromatic heterocycles. The second kappa shape index (κ2) is 7.24. The van der Waals surface area contributed by atoms with E-state index in [0.29, 0.717) is 30.4 Å². The molecule has 0 bridgehead atoms. The largest absolute Gasteiger partial charge is 0.482 e. The number of hydrogen-bond donors (Lipinski definition) is 1. The van der Waals surface area contributed by atoms with Crippen molar-refractivity contribution in [3.63, 3.8) is 0 Å². The van der Waals surface area contributed by atoms with Crippen LogP contribution in [0.1, 0.15) is 19.8 Å². The maximum atomic E-state index is 12.8. The molecule has 2 amide bonds. The number of amides is 2. The standard InChI is InChI=1S/C17H23N3O5S/c1-12-4-3-7-20(9-12)17(22)10-19(2)26(23,24)13-5-6-15-14(8-13)18-16(21)11-25-15/h5-6,8,12H,3-4,7,9-11H2,1-2H3,(H,18,21). The summed E-state index contributed by atoms with van der Waals surface area (Å²) < 4.78 is 31.8. The number of carbonyl (C=O) groups excluding carboxylic acids is 2. The summed E-state index contributed by atoms with van der Waals surface area (Å²) in [5.41, 5.74) is 0.312. The first kappa shape index (κ1) is 18.7. The summed E-state index contributed by atoms with van der Waals surface area (Å²) in [6.45, 7) is 3.11. The van der Waals surface area contributed by atoms with E-state index in [4.69, 9.17) is 4.74 Å². The minimum atomic E-state index is -3.86. The molecule has 1 N–H and O–H groups in total. The normalized spacial score (nSPS) is 20.3. The minimum absolute atomic E-state index is 0.00404. The van der Waals surface area contributed by atoms with Gasteiger partial charge in [0, 0.05) is 20.1 Å². The first-order valence-electron chi connectivity index (χ1n) is 8.58. The molecule has 0 spiro atoms. The van der Waals surface area contributed by atoms with Crippen molar-refractivity contribution in [3.8, 4) is 5.75 Å². The smallest absolute Gasteiger partial charge is 0.262 e. The second-order valence-corrected chi connectivity index (χ2v) is 8.89. The molecule has 2 heterocycles. The fraction of sp³-hybridized carbons (Fsp3) is 0.529. The number of likely N-dealkylation sites (tertiary alicyclic amines) is 1. The molecule has 1 saturated heterocycles. The van der Waals surface area contributed by atoms with E-state index in [2.05, 4.69) is 12.2 Å². The number of rotatable bonds is 4. The molecule has 1 aromatic carbocycles. The van der Waals surface area contributed by atoms with E-state index < -0.39 is 10.0 Å². The third-order valence-corrected chi connectivity index (χ3v) is 6.46. The topological polar surface area (TPSA) is 96.0 Å². The van der Waals surface area contributed by atoms with E-state index in [9.17, 15) is 18.0 Å². The van der Waals surface area contributed by atoms with Crippen LogP contribution in [0.15, 0.2) is 23.1 Å². The highest BCUT2D eigenvalue weighted by Crippen LogP contribution is 2.31. The monoisotopic (exact) mass is 381 g/mol. The van der Waals surface area contributed by atoms with Gasteiger partial charge in [0.1, 0.15) is 5.75 Å². The summed E-state index contributed by atoms with van der Waals surface area (Å²) in [6, 6.07) is 4.27. The lowest BCUT2D eigenvalue weighted by atomic mass is 10.0. The number of likely N-dealkylation sites (N-methyl/N-ethyl adjacent to an activating group) is 1. The molecule has 0 radical (unpaired) electrons. The van der Waals surface area contributed by atoms with Crippen molar-refractivity contribution in [1.82, 2.24) is 9.21 Å². The van der Waals surface area contributed by atoms with Gasteiger partial charge in [-0.05, 0) is 37.0 Å². The van der Waals surface area contributed by atoms with Gasteiger partial charge < -0.3 is 15.0 Å². The van der Waals surface area contributed by atoms with E-state index in [-0.39, 0.29) is 29.9 Å². The zero-order valence-electron chi connectivity index (χ0n) is 14.9. The summed E-state index contributed by atoms with van der Waals surface area (Å²) >= 11 is 0. The van der Waals surface area contributed by atoms with Gasteiger partial charge >= 0.3 is 0 Å². The Morgan fingerprint density at radius 2 is 2.19 bits per heavy atom. The van der Waals surface area contributed by atoms with Crippen molar-refractivity contribution >= 4 is 27.5 Å². The van der Waals surface area contributed by atoms with E-state index in [1.54, 1.807) is 4.90 Å². The molecule has 2 aliphatic heterocycles. The molecule has 8 nitrogen and oxygen atoms in total. The van der Waals surface area contributed by atoms with Gasteiger partial charge in [-0.25, -0.2) is 8.42 Å². The Bertz CT molecular complexity index is 824. The minimum Gasteiger partial charge on any atom is -0.482 e. The Balaban J connectivity index is 1.74. The Kier molecular flexibility index (Phi) is 5.19. The summed E-state index contributed by atoms with van der Waals surface area (Å²) in [6.07, 6.45) is 2.02. The number of nitrogens with zero attached hydrogens (tertiary/aromatic N) is 2. The van der Waals surface area contributed by atoms with Gasteiger partial charge in [0.25, 0.3) is 5.91 Å². The summed E-state index contributed by atoms with van der Waals surface area (Å²) in [5.74, 6) is 0.315. The van der Waals surface area contributed by atoms with E-state index in [0.717, 1.165) is 17.1 Å². The van der Waals surface area contributed by atoms with Crippen molar-refractivity contribution in [3.05, 3.63) is 18.2 Å². The fourth-order valence-corrected chi connectivity index (χ4v) is 4.34. The zero-order valence-corrected chi connectivity index (χ0v) is 15.7. The highest BCUT2D eigenvalue weighted by Gasteiger charge is 2.28. The van der Waals surface area contributed by atoms with Crippen LogP contribution in [0.5, 0.6) is 5.75 Å². The first-order valence-corrected chi connectivity index (χ1v) is 10.0. The molecule has 1 aromatic rings. The number of sulfonamides is 1. The van der Waals surface area contributed by atoms with Crippen molar-refractivity contribution in [1.29, 1.82) is 0 Å². The van der Waals surface area contributed by atoms with Crippen LogP contribution in [0.3, 0.4) is 0 Å². The summed E-state index contributed by atoms with van der Waals surface area (Å²) in [4.78, 5) is 25.6. The number of nitrogens with one attached hydrogen (secondary N) is 1. The number of benzene rings is 1. The number of hydrogen-bond acceptors (Lipinski definition) is 5. The summed E-state index contributed by atoms with van der Waals surface area (Å²) in [7, 11) is -2.47. The predicted octanol–water partition coefficient (Wildman–Crippen LogP) is 0.897. The van der Waals surface area contributed by atoms with E-state index in [1.807, 2.05) is 0 Å². The number of carbonyl (C=O) groups is 2. The van der Waals surface area contributed by atoms with Gasteiger partial charge in [-0.2, -0.15) is 4.31 Å². The van der Waals surface area contributed by atoms with Gasteiger partial charge in [0.15, 0.2) is 6.61 Å². The van der Waals surface area contributed by atoms with E-state index >= 15 is 0 Å². The van der Waals surface area contributed by atoms with Crippen LogP contribution in [0.25, 0.3) is 0 Å². The average Bonchev–Trinajstić information content (AvgIpc) is 2.60. The van der Waals surface area contributed by atoms with Crippen LogP contribution in [0, 0.1) is 5.92 Å². The third-order valence-electron chi connectivity index (χ3n) is 4.66. The lowest BCUT2D eigenvalue weighted by Gasteiger charge is -2.32. The second-order valence-electron chi connectivity index (χ2n) is 6.84. The van der Waals surface area contributed by atoms with Crippen LogP contribution in [-0.2, 0) is 19.6 Å². The fourth-order valence-electron chi connectivity index (χ4n) is 3.19. The molecule has 3 rings (SSSR count). The van der Waals surface area contributed by atoms with Crippen LogP contribution in [0.2, 0.25) is 0 Å². The lowest BCUT2D eigenvalue weighted by molar-refractivity contribution is -0.132. The van der Waals surface area contributed by atoms with Crippen molar-refractivity contribution < 1.29 is 22.7 Å². The predicted molar refractivity (Wildman–Crippen MR) is 95.4 cm³/mol. The number of anilines is 1.